The fraction of sp³-hybridized carbons (Fsp3) is 0.538. The molecule has 2 aliphatic heterocycles. The average Bonchev–Trinajstić information content (AvgIpc) is 2.29. The Bertz CT molecular complexity index is 400. The van der Waals surface area contributed by atoms with Gasteiger partial charge in [0, 0.05) is 18.1 Å². The minimum Gasteiger partial charge on any atom is -0.379 e. The van der Waals surface area contributed by atoms with Crippen LogP contribution in [-0.2, 0) is 14.9 Å². The van der Waals surface area contributed by atoms with Crippen LogP contribution < -0.4 is 5.32 Å². The van der Waals surface area contributed by atoms with Gasteiger partial charge in [-0.05, 0) is 17.7 Å². The number of benzene rings is 1. The number of nitrogens with one attached hydrogen (secondary N) is 1. The van der Waals surface area contributed by atoms with Crippen LogP contribution in [0.1, 0.15) is 5.56 Å². The number of halogens is 1. The molecule has 0 saturated carbocycles. The standard InChI is InChI=1S/C13H16ClNO2/c14-11-3-1-2-10(6-11)13(8-16-9-13)12-7-15-4-5-17-12/h1-3,6,12,15H,4-5,7-9H2. The van der Waals surface area contributed by atoms with Gasteiger partial charge in [0.1, 0.15) is 0 Å². The van der Waals surface area contributed by atoms with Crippen molar-refractivity contribution in [1.29, 1.82) is 0 Å². The van der Waals surface area contributed by atoms with E-state index in [9.17, 15) is 0 Å². The zero-order chi connectivity index (χ0) is 11.7. The third-order valence-corrected chi connectivity index (χ3v) is 3.90. The van der Waals surface area contributed by atoms with E-state index in [1.54, 1.807) is 0 Å². The molecule has 2 heterocycles. The molecule has 1 unspecified atom stereocenters. The Morgan fingerprint density at radius 2 is 2.24 bits per heavy atom. The Labute approximate surface area is 106 Å². The lowest BCUT2D eigenvalue weighted by Gasteiger charge is -2.48. The van der Waals surface area contributed by atoms with E-state index in [0.717, 1.165) is 37.9 Å². The van der Waals surface area contributed by atoms with Crippen molar-refractivity contribution in [2.45, 2.75) is 11.5 Å². The van der Waals surface area contributed by atoms with Crippen LogP contribution in [0.4, 0.5) is 0 Å². The highest BCUT2D eigenvalue weighted by Crippen LogP contribution is 2.38. The lowest BCUT2D eigenvalue weighted by molar-refractivity contribution is -0.146. The maximum Gasteiger partial charge on any atom is 0.0841 e. The van der Waals surface area contributed by atoms with Crippen LogP contribution in [-0.4, -0.2) is 39.0 Å². The molecule has 3 rings (SSSR count). The van der Waals surface area contributed by atoms with E-state index >= 15 is 0 Å². The molecule has 0 spiro atoms. The smallest absolute Gasteiger partial charge is 0.0841 e. The van der Waals surface area contributed by atoms with Crippen LogP contribution in [0.3, 0.4) is 0 Å². The maximum absolute atomic E-state index is 6.07. The minimum absolute atomic E-state index is 0.0156. The van der Waals surface area contributed by atoms with E-state index in [1.807, 2.05) is 18.2 Å². The second-order valence-corrected chi connectivity index (χ2v) is 5.16. The molecular formula is C13H16ClNO2. The predicted molar refractivity (Wildman–Crippen MR) is 66.6 cm³/mol. The number of hydrogen-bond donors (Lipinski definition) is 1. The quantitative estimate of drug-likeness (QED) is 0.869. The maximum atomic E-state index is 6.07. The molecule has 2 fully saturated rings. The molecule has 1 aromatic carbocycles. The SMILES string of the molecule is Clc1cccc(C2(C3CNCCO3)COC2)c1. The van der Waals surface area contributed by atoms with Gasteiger partial charge >= 0.3 is 0 Å². The molecule has 1 aromatic rings. The molecule has 2 aliphatic rings. The Balaban J connectivity index is 1.90. The van der Waals surface area contributed by atoms with Crippen LogP contribution in [0.15, 0.2) is 24.3 Å². The van der Waals surface area contributed by atoms with Crippen molar-refractivity contribution in [3.05, 3.63) is 34.9 Å². The van der Waals surface area contributed by atoms with Crippen molar-refractivity contribution in [3.8, 4) is 0 Å². The lowest BCUT2D eigenvalue weighted by Crippen LogP contribution is -2.61. The molecule has 0 aromatic heterocycles. The number of hydrogen-bond acceptors (Lipinski definition) is 3. The van der Waals surface area contributed by atoms with Gasteiger partial charge in [0.05, 0.1) is 31.3 Å². The van der Waals surface area contributed by atoms with E-state index in [2.05, 4.69) is 11.4 Å². The lowest BCUT2D eigenvalue weighted by atomic mass is 9.73. The summed E-state index contributed by atoms with van der Waals surface area (Å²) in [5.74, 6) is 0. The second-order valence-electron chi connectivity index (χ2n) is 4.72. The molecule has 2 saturated heterocycles. The van der Waals surface area contributed by atoms with Gasteiger partial charge in [0.15, 0.2) is 0 Å². The summed E-state index contributed by atoms with van der Waals surface area (Å²) in [6, 6.07) is 8.04. The largest absolute Gasteiger partial charge is 0.379 e. The fourth-order valence-corrected chi connectivity index (χ4v) is 2.77. The van der Waals surface area contributed by atoms with Gasteiger partial charge in [-0.2, -0.15) is 0 Å². The van der Waals surface area contributed by atoms with Gasteiger partial charge in [0.2, 0.25) is 0 Å². The molecule has 0 amide bonds. The first-order chi connectivity index (χ1) is 8.31. The van der Waals surface area contributed by atoms with Crippen molar-refractivity contribution >= 4 is 11.6 Å². The van der Waals surface area contributed by atoms with Gasteiger partial charge in [-0.15, -0.1) is 0 Å². The van der Waals surface area contributed by atoms with E-state index in [0.29, 0.717) is 0 Å². The first-order valence-electron chi connectivity index (χ1n) is 5.97. The topological polar surface area (TPSA) is 30.5 Å². The molecule has 17 heavy (non-hydrogen) atoms. The van der Waals surface area contributed by atoms with Crippen molar-refractivity contribution in [2.24, 2.45) is 0 Å². The van der Waals surface area contributed by atoms with Gasteiger partial charge in [-0.25, -0.2) is 0 Å². The number of rotatable bonds is 2. The highest BCUT2D eigenvalue weighted by atomic mass is 35.5. The van der Waals surface area contributed by atoms with Crippen molar-refractivity contribution in [2.75, 3.05) is 32.9 Å². The van der Waals surface area contributed by atoms with E-state index in [1.165, 1.54) is 5.56 Å². The molecule has 3 nitrogen and oxygen atoms in total. The Morgan fingerprint density at radius 1 is 1.35 bits per heavy atom. The molecule has 1 N–H and O–H groups in total. The minimum atomic E-state index is -0.0156. The molecule has 0 aliphatic carbocycles. The molecule has 0 radical (unpaired) electrons. The summed E-state index contributed by atoms with van der Waals surface area (Å²) in [4.78, 5) is 0. The van der Waals surface area contributed by atoms with Crippen molar-refractivity contribution in [1.82, 2.24) is 5.32 Å². The van der Waals surface area contributed by atoms with Gasteiger partial charge in [0.25, 0.3) is 0 Å². The number of ether oxygens (including phenoxy) is 2. The zero-order valence-electron chi connectivity index (χ0n) is 9.62. The predicted octanol–water partition coefficient (Wildman–Crippen LogP) is 1.60. The summed E-state index contributed by atoms with van der Waals surface area (Å²) in [7, 11) is 0. The summed E-state index contributed by atoms with van der Waals surface area (Å²) < 4.78 is 11.3. The Kier molecular flexibility index (Phi) is 3.09. The normalized spacial score (nSPS) is 27.5. The molecular weight excluding hydrogens is 238 g/mol. The van der Waals surface area contributed by atoms with Crippen LogP contribution in [0.2, 0.25) is 5.02 Å². The van der Waals surface area contributed by atoms with E-state index in [4.69, 9.17) is 21.1 Å². The van der Waals surface area contributed by atoms with Crippen LogP contribution in [0.5, 0.6) is 0 Å². The summed E-state index contributed by atoms with van der Waals surface area (Å²) in [6.45, 7) is 4.03. The summed E-state index contributed by atoms with van der Waals surface area (Å²) in [6.07, 6.45) is 0.184. The highest BCUT2D eigenvalue weighted by Gasteiger charge is 2.48. The van der Waals surface area contributed by atoms with E-state index < -0.39 is 0 Å². The number of morpholine rings is 1. The average molecular weight is 254 g/mol. The van der Waals surface area contributed by atoms with Crippen molar-refractivity contribution in [3.63, 3.8) is 0 Å². The molecule has 1 atom stereocenters. The first kappa shape index (κ1) is 11.5. The Morgan fingerprint density at radius 3 is 2.82 bits per heavy atom. The summed E-state index contributed by atoms with van der Waals surface area (Å²) >= 11 is 6.07. The first-order valence-corrected chi connectivity index (χ1v) is 6.35. The monoisotopic (exact) mass is 253 g/mol. The van der Waals surface area contributed by atoms with E-state index in [-0.39, 0.29) is 11.5 Å². The summed E-state index contributed by atoms with van der Waals surface area (Å²) in [5.41, 5.74) is 1.21. The van der Waals surface area contributed by atoms with Gasteiger partial charge < -0.3 is 14.8 Å². The molecule has 4 heteroatoms. The summed E-state index contributed by atoms with van der Waals surface area (Å²) in [5, 5.41) is 4.16. The third-order valence-electron chi connectivity index (χ3n) is 3.66. The van der Waals surface area contributed by atoms with Crippen molar-refractivity contribution < 1.29 is 9.47 Å². The Hall–Kier alpha value is -0.610. The van der Waals surface area contributed by atoms with Crippen LogP contribution >= 0.6 is 11.6 Å². The highest BCUT2D eigenvalue weighted by molar-refractivity contribution is 6.30. The molecule has 0 bridgehead atoms. The zero-order valence-corrected chi connectivity index (χ0v) is 10.4. The van der Waals surface area contributed by atoms with Crippen LogP contribution in [0.25, 0.3) is 0 Å². The third kappa shape index (κ3) is 1.97. The van der Waals surface area contributed by atoms with Gasteiger partial charge in [-0.1, -0.05) is 23.7 Å². The molecule has 92 valence electrons. The van der Waals surface area contributed by atoms with Gasteiger partial charge in [-0.3, -0.25) is 0 Å². The van der Waals surface area contributed by atoms with Crippen LogP contribution in [0, 0.1) is 0 Å². The fourth-order valence-electron chi connectivity index (χ4n) is 2.58. The second kappa shape index (κ2) is 4.58.